The van der Waals surface area contributed by atoms with Crippen molar-refractivity contribution < 1.29 is 28.8 Å². The summed E-state index contributed by atoms with van der Waals surface area (Å²) in [6, 6.07) is 17.5. The Labute approximate surface area is 186 Å². The normalized spacial score (nSPS) is 20.8. The van der Waals surface area contributed by atoms with Crippen LogP contribution in [0.4, 0.5) is 5.69 Å². The molecule has 3 aromatic carbocycles. The highest BCUT2D eigenvalue weighted by Gasteiger charge is 2.39. The van der Waals surface area contributed by atoms with Crippen LogP contribution in [-0.2, 0) is 0 Å². The van der Waals surface area contributed by atoms with Crippen LogP contribution in [0.2, 0.25) is 0 Å². The fourth-order valence-corrected chi connectivity index (χ4v) is 4.42. The van der Waals surface area contributed by atoms with E-state index < -0.39 is 0 Å². The molecule has 2 aliphatic rings. The molecule has 0 fully saturated rings. The summed E-state index contributed by atoms with van der Waals surface area (Å²) in [5, 5.41) is 13.9. The van der Waals surface area contributed by atoms with Crippen LogP contribution in [-0.4, -0.2) is 32.3 Å². The van der Waals surface area contributed by atoms with Crippen LogP contribution >= 0.6 is 0 Å². The fourth-order valence-electron chi connectivity index (χ4n) is 4.42. The summed E-state index contributed by atoms with van der Waals surface area (Å²) in [5.41, 5.74) is 2.88. The van der Waals surface area contributed by atoms with E-state index in [1.54, 1.807) is 0 Å². The quantitative estimate of drug-likeness (QED) is 0.599. The Bertz CT molecular complexity index is 1110. The number of methoxy groups -OCH3 is 2. The summed E-state index contributed by atoms with van der Waals surface area (Å²) in [6.45, 7) is 2.32. The van der Waals surface area contributed by atoms with Gasteiger partial charge in [-0.15, -0.1) is 0 Å². The highest BCUT2D eigenvalue weighted by molar-refractivity contribution is 5.60. The molecule has 0 saturated heterocycles. The number of ether oxygens (including phenoxy) is 5. The third kappa shape index (κ3) is 3.39. The zero-order chi connectivity index (χ0) is 22.2. The van der Waals surface area contributed by atoms with Gasteiger partial charge in [0.25, 0.3) is 0 Å². The van der Waals surface area contributed by atoms with Gasteiger partial charge in [0.2, 0.25) is 12.5 Å². The molecule has 7 heteroatoms. The van der Waals surface area contributed by atoms with E-state index in [4.69, 9.17) is 23.7 Å². The number of nitrogens with one attached hydrogen (secondary N) is 1. The van der Waals surface area contributed by atoms with E-state index in [0.717, 1.165) is 22.6 Å². The van der Waals surface area contributed by atoms with Crippen LogP contribution < -0.4 is 29.0 Å². The lowest BCUT2D eigenvalue weighted by Crippen LogP contribution is -2.40. The van der Waals surface area contributed by atoms with Crippen molar-refractivity contribution in [3.8, 4) is 34.5 Å². The van der Waals surface area contributed by atoms with Crippen LogP contribution in [0.3, 0.4) is 0 Å². The number of anilines is 1. The van der Waals surface area contributed by atoms with E-state index in [2.05, 4.69) is 12.2 Å². The third-order valence-electron chi connectivity index (χ3n) is 6.04. The first-order chi connectivity index (χ1) is 15.6. The molecular weight excluding hydrogens is 410 g/mol. The first-order valence-corrected chi connectivity index (χ1v) is 10.5. The Kier molecular flexibility index (Phi) is 5.09. The molecule has 0 aliphatic carbocycles. The van der Waals surface area contributed by atoms with Gasteiger partial charge in [0, 0.05) is 29.2 Å². The van der Waals surface area contributed by atoms with Gasteiger partial charge in [0.1, 0.15) is 5.75 Å². The maximum absolute atomic E-state index is 10.4. The van der Waals surface area contributed by atoms with Gasteiger partial charge in [-0.25, -0.2) is 0 Å². The van der Waals surface area contributed by atoms with Crippen molar-refractivity contribution in [1.29, 1.82) is 0 Å². The molecule has 2 heterocycles. The molecule has 3 atom stereocenters. The summed E-state index contributed by atoms with van der Waals surface area (Å²) in [6.07, 6.45) is -0.305. The largest absolute Gasteiger partial charge is 0.502 e. The van der Waals surface area contributed by atoms with Crippen molar-refractivity contribution >= 4 is 5.69 Å². The predicted octanol–water partition coefficient (Wildman–Crippen LogP) is 4.74. The summed E-state index contributed by atoms with van der Waals surface area (Å²) < 4.78 is 28.4. The van der Waals surface area contributed by atoms with Gasteiger partial charge >= 0.3 is 0 Å². The maximum atomic E-state index is 10.4. The minimum atomic E-state index is -0.305. The first kappa shape index (κ1) is 20.2. The molecule has 0 aromatic heterocycles. The standard InChI is InChI=1S/C25H25NO6/c1-14-23(15-9-21(28-2)24(27)22(10-15)29-3)17-11-19-20(31-13-30-19)12-18(17)32-25(14)26-16-7-5-4-6-8-16/h4-12,14,23,25-27H,13H2,1-3H3/t14-,23+,25+/m1/s1. The Hall–Kier alpha value is -3.74. The van der Waals surface area contributed by atoms with Crippen molar-refractivity contribution in [3.05, 3.63) is 65.7 Å². The van der Waals surface area contributed by atoms with Gasteiger partial charge in [-0.05, 0) is 35.9 Å². The number of fused-ring (bicyclic) bond motifs is 2. The molecule has 5 rings (SSSR count). The second-order valence-electron chi connectivity index (χ2n) is 7.90. The van der Waals surface area contributed by atoms with Crippen molar-refractivity contribution in [2.24, 2.45) is 5.92 Å². The number of hydrogen-bond acceptors (Lipinski definition) is 7. The second kappa shape index (κ2) is 8.07. The molecule has 32 heavy (non-hydrogen) atoms. The molecule has 7 nitrogen and oxygen atoms in total. The Morgan fingerprint density at radius 3 is 2.22 bits per heavy atom. The lowest BCUT2D eigenvalue weighted by molar-refractivity contribution is 0.134. The summed E-state index contributed by atoms with van der Waals surface area (Å²) in [4.78, 5) is 0. The number of aromatic hydroxyl groups is 1. The fraction of sp³-hybridized carbons (Fsp3) is 0.280. The van der Waals surface area contributed by atoms with Crippen molar-refractivity contribution in [3.63, 3.8) is 0 Å². The first-order valence-electron chi connectivity index (χ1n) is 10.5. The molecule has 0 unspecified atom stereocenters. The summed E-state index contributed by atoms with van der Waals surface area (Å²) in [5.74, 6) is 2.69. The van der Waals surface area contributed by atoms with Gasteiger partial charge in [0.15, 0.2) is 29.2 Å². The van der Waals surface area contributed by atoms with Crippen LogP contribution in [0.25, 0.3) is 0 Å². The molecule has 0 saturated carbocycles. The van der Waals surface area contributed by atoms with Crippen LogP contribution in [0.1, 0.15) is 24.0 Å². The zero-order valence-corrected chi connectivity index (χ0v) is 18.1. The molecule has 3 aromatic rings. The average Bonchev–Trinajstić information content (AvgIpc) is 3.27. The molecule has 0 radical (unpaired) electrons. The predicted molar refractivity (Wildman–Crippen MR) is 119 cm³/mol. The Morgan fingerprint density at radius 2 is 1.56 bits per heavy atom. The third-order valence-corrected chi connectivity index (χ3v) is 6.04. The van der Waals surface area contributed by atoms with Crippen LogP contribution in [0, 0.1) is 5.92 Å². The van der Waals surface area contributed by atoms with E-state index in [1.807, 2.05) is 54.6 Å². The van der Waals surface area contributed by atoms with Crippen molar-refractivity contribution in [1.82, 2.24) is 0 Å². The highest BCUT2D eigenvalue weighted by atomic mass is 16.7. The highest BCUT2D eigenvalue weighted by Crippen LogP contribution is 2.51. The van der Waals surface area contributed by atoms with E-state index in [9.17, 15) is 5.11 Å². The molecule has 2 aliphatic heterocycles. The second-order valence-corrected chi connectivity index (χ2v) is 7.90. The smallest absolute Gasteiger partial charge is 0.231 e. The number of phenolic OH excluding ortho intramolecular Hbond substituents is 1. The lowest BCUT2D eigenvalue weighted by Gasteiger charge is -2.39. The SMILES string of the molecule is COc1cc([C@H]2c3cc4c(cc3O[C@H](Nc3ccccc3)[C@@H]2C)OCO4)cc(OC)c1O. The van der Waals surface area contributed by atoms with Gasteiger partial charge in [-0.2, -0.15) is 0 Å². The Morgan fingerprint density at radius 1 is 0.906 bits per heavy atom. The number of benzene rings is 3. The summed E-state index contributed by atoms with van der Waals surface area (Å²) >= 11 is 0. The molecule has 0 bridgehead atoms. The van der Waals surface area contributed by atoms with E-state index in [0.29, 0.717) is 23.0 Å². The molecule has 2 N–H and O–H groups in total. The monoisotopic (exact) mass is 435 g/mol. The molecule has 0 spiro atoms. The lowest BCUT2D eigenvalue weighted by atomic mass is 9.78. The molecule has 166 valence electrons. The number of rotatable bonds is 5. The minimum Gasteiger partial charge on any atom is -0.502 e. The van der Waals surface area contributed by atoms with Crippen LogP contribution in [0.15, 0.2) is 54.6 Å². The van der Waals surface area contributed by atoms with Crippen molar-refractivity contribution in [2.75, 3.05) is 26.3 Å². The number of phenols is 1. The van der Waals surface area contributed by atoms with Gasteiger partial charge < -0.3 is 34.1 Å². The van der Waals surface area contributed by atoms with E-state index >= 15 is 0 Å². The minimum absolute atomic E-state index is 0.0158. The maximum Gasteiger partial charge on any atom is 0.231 e. The average molecular weight is 435 g/mol. The van der Waals surface area contributed by atoms with E-state index in [1.165, 1.54) is 14.2 Å². The zero-order valence-electron chi connectivity index (χ0n) is 18.1. The van der Waals surface area contributed by atoms with Gasteiger partial charge in [-0.3, -0.25) is 0 Å². The topological polar surface area (TPSA) is 78.4 Å². The summed E-state index contributed by atoms with van der Waals surface area (Å²) in [7, 11) is 3.05. The molecular formula is C25H25NO6. The number of hydrogen-bond donors (Lipinski definition) is 2. The Balaban J connectivity index is 1.63. The number of para-hydroxylation sites is 1. The van der Waals surface area contributed by atoms with Gasteiger partial charge in [-0.1, -0.05) is 25.1 Å². The molecule has 0 amide bonds. The van der Waals surface area contributed by atoms with Crippen LogP contribution in [0.5, 0.6) is 34.5 Å². The van der Waals surface area contributed by atoms with Crippen molar-refractivity contribution in [2.45, 2.75) is 19.1 Å². The van der Waals surface area contributed by atoms with E-state index in [-0.39, 0.29) is 30.6 Å². The van der Waals surface area contributed by atoms with Gasteiger partial charge in [0.05, 0.1) is 14.2 Å².